The monoisotopic (exact) mass is 179 g/mol. The van der Waals surface area contributed by atoms with Gasteiger partial charge in [0, 0.05) is 19.5 Å². The minimum Gasteiger partial charge on any atom is -0.303 e. The van der Waals surface area contributed by atoms with E-state index in [1.54, 1.807) is 0 Å². The Labute approximate surface area is 79.6 Å². The number of rotatable bonds is 4. The first-order chi connectivity index (χ1) is 6.29. The molecule has 2 aliphatic heterocycles. The Morgan fingerprint density at radius 3 is 2.92 bits per heavy atom. The van der Waals surface area contributed by atoms with Crippen molar-refractivity contribution < 1.29 is 4.79 Å². The van der Waals surface area contributed by atoms with Gasteiger partial charge in [0.05, 0.1) is 0 Å². The molecule has 2 bridgehead atoms. The first-order valence-electron chi connectivity index (χ1n) is 5.17. The van der Waals surface area contributed by atoms with E-state index in [4.69, 9.17) is 0 Å². The number of allylic oxidation sites excluding steroid dienone is 1. The lowest BCUT2D eigenvalue weighted by Gasteiger charge is -2.21. The maximum Gasteiger partial charge on any atom is 0.155 e. The van der Waals surface area contributed by atoms with Crippen molar-refractivity contribution in [2.24, 2.45) is 11.8 Å². The third kappa shape index (κ3) is 1.83. The Morgan fingerprint density at radius 2 is 2.38 bits per heavy atom. The van der Waals surface area contributed by atoms with Gasteiger partial charge >= 0.3 is 0 Å². The lowest BCUT2D eigenvalue weighted by molar-refractivity contribution is -0.114. The van der Waals surface area contributed by atoms with E-state index in [-0.39, 0.29) is 5.78 Å². The molecule has 0 N–H and O–H groups in total. The maximum atomic E-state index is 11.0. The van der Waals surface area contributed by atoms with Gasteiger partial charge in [-0.2, -0.15) is 0 Å². The van der Waals surface area contributed by atoms with E-state index in [2.05, 4.69) is 11.5 Å². The van der Waals surface area contributed by atoms with Crippen molar-refractivity contribution in [3.05, 3.63) is 12.7 Å². The van der Waals surface area contributed by atoms with Crippen molar-refractivity contribution in [3.63, 3.8) is 0 Å². The number of carbonyl (C=O) groups is 1. The standard InChI is InChI=1S/C11H17NO/c1-2-11(13)4-3-9-7-12-6-5-10(9)8-12/h2,9-10H,1,3-8H2. The van der Waals surface area contributed by atoms with Crippen LogP contribution in [0.2, 0.25) is 0 Å². The summed E-state index contributed by atoms with van der Waals surface area (Å²) in [5, 5.41) is 0. The molecule has 2 saturated heterocycles. The highest BCUT2D eigenvalue weighted by molar-refractivity contribution is 5.88. The largest absolute Gasteiger partial charge is 0.303 e. The Hall–Kier alpha value is -0.630. The molecule has 13 heavy (non-hydrogen) atoms. The molecule has 2 heterocycles. The van der Waals surface area contributed by atoms with Crippen molar-refractivity contribution in [1.82, 2.24) is 4.90 Å². The third-order valence-corrected chi connectivity index (χ3v) is 3.46. The van der Waals surface area contributed by atoms with Gasteiger partial charge in [0.15, 0.2) is 5.78 Å². The topological polar surface area (TPSA) is 20.3 Å². The van der Waals surface area contributed by atoms with Crippen molar-refractivity contribution in [2.75, 3.05) is 19.6 Å². The van der Waals surface area contributed by atoms with Crippen LogP contribution in [0.3, 0.4) is 0 Å². The lowest BCUT2D eigenvalue weighted by Crippen LogP contribution is -2.23. The minimum absolute atomic E-state index is 0.206. The molecule has 0 aliphatic carbocycles. The fourth-order valence-electron chi connectivity index (χ4n) is 2.65. The zero-order valence-corrected chi connectivity index (χ0v) is 8.04. The molecular weight excluding hydrogens is 162 g/mol. The number of nitrogens with zero attached hydrogens (tertiary/aromatic N) is 1. The SMILES string of the molecule is C=CC(=O)CCC1CN2CCC1C2. The second kappa shape index (κ2) is 3.62. The van der Waals surface area contributed by atoms with Crippen LogP contribution in [0.1, 0.15) is 19.3 Å². The normalized spacial score (nSPS) is 36.5. The smallest absolute Gasteiger partial charge is 0.155 e. The van der Waals surface area contributed by atoms with E-state index in [0.717, 1.165) is 18.3 Å². The van der Waals surface area contributed by atoms with Gasteiger partial charge in [0.1, 0.15) is 0 Å². The average Bonchev–Trinajstić information content (AvgIpc) is 2.74. The summed E-state index contributed by atoms with van der Waals surface area (Å²) in [4.78, 5) is 13.6. The van der Waals surface area contributed by atoms with Gasteiger partial charge in [0.2, 0.25) is 0 Å². The summed E-state index contributed by atoms with van der Waals surface area (Å²) < 4.78 is 0. The fourth-order valence-corrected chi connectivity index (χ4v) is 2.65. The molecule has 2 rings (SSSR count). The summed E-state index contributed by atoms with van der Waals surface area (Å²) in [5.41, 5.74) is 0. The van der Waals surface area contributed by atoms with Gasteiger partial charge in [-0.25, -0.2) is 0 Å². The molecule has 0 aromatic rings. The van der Waals surface area contributed by atoms with Crippen molar-refractivity contribution in [1.29, 1.82) is 0 Å². The second-order valence-electron chi connectivity index (χ2n) is 4.28. The molecule has 72 valence electrons. The Balaban J connectivity index is 1.77. The van der Waals surface area contributed by atoms with Gasteiger partial charge in [0.25, 0.3) is 0 Å². The van der Waals surface area contributed by atoms with E-state index in [1.807, 2.05) is 0 Å². The Morgan fingerprint density at radius 1 is 1.54 bits per heavy atom. The van der Waals surface area contributed by atoms with Crippen molar-refractivity contribution >= 4 is 5.78 Å². The molecule has 3 unspecified atom stereocenters. The van der Waals surface area contributed by atoms with E-state index >= 15 is 0 Å². The summed E-state index contributed by atoms with van der Waals surface area (Å²) in [6.45, 7) is 7.30. The lowest BCUT2D eigenvalue weighted by atomic mass is 9.88. The van der Waals surface area contributed by atoms with Gasteiger partial charge in [-0.15, -0.1) is 0 Å². The van der Waals surface area contributed by atoms with Crippen LogP contribution in [0.5, 0.6) is 0 Å². The molecule has 0 saturated carbocycles. The number of piperidine rings is 1. The van der Waals surface area contributed by atoms with Crippen LogP contribution < -0.4 is 0 Å². The molecule has 2 heteroatoms. The highest BCUT2D eigenvalue weighted by Crippen LogP contribution is 2.35. The van der Waals surface area contributed by atoms with E-state index in [9.17, 15) is 4.79 Å². The van der Waals surface area contributed by atoms with E-state index in [1.165, 1.54) is 32.1 Å². The summed E-state index contributed by atoms with van der Waals surface area (Å²) in [7, 11) is 0. The summed E-state index contributed by atoms with van der Waals surface area (Å²) in [5.74, 6) is 1.88. The number of carbonyl (C=O) groups excluding carboxylic acids is 1. The number of ketones is 1. The Kier molecular flexibility index (Phi) is 2.49. The van der Waals surface area contributed by atoms with Gasteiger partial charge in [-0.1, -0.05) is 6.58 Å². The van der Waals surface area contributed by atoms with E-state index in [0.29, 0.717) is 6.42 Å². The number of fused-ring (bicyclic) bond motifs is 2. The predicted molar refractivity (Wildman–Crippen MR) is 52.5 cm³/mol. The van der Waals surface area contributed by atoms with Crippen LogP contribution in [0.15, 0.2) is 12.7 Å². The molecule has 2 aliphatic rings. The molecule has 0 radical (unpaired) electrons. The van der Waals surface area contributed by atoms with Crippen LogP contribution >= 0.6 is 0 Å². The molecule has 3 atom stereocenters. The number of hydrogen-bond acceptors (Lipinski definition) is 2. The van der Waals surface area contributed by atoms with Crippen LogP contribution in [0.25, 0.3) is 0 Å². The highest BCUT2D eigenvalue weighted by atomic mass is 16.1. The van der Waals surface area contributed by atoms with Gasteiger partial charge < -0.3 is 4.90 Å². The highest BCUT2D eigenvalue weighted by Gasteiger charge is 2.37. The van der Waals surface area contributed by atoms with Crippen molar-refractivity contribution in [3.8, 4) is 0 Å². The number of hydrogen-bond donors (Lipinski definition) is 0. The zero-order chi connectivity index (χ0) is 9.26. The molecule has 0 aromatic heterocycles. The first-order valence-corrected chi connectivity index (χ1v) is 5.17. The molecule has 0 spiro atoms. The summed E-state index contributed by atoms with van der Waals surface area (Å²) in [6.07, 6.45) is 4.59. The summed E-state index contributed by atoms with van der Waals surface area (Å²) in [6, 6.07) is 0. The molecule has 0 amide bonds. The molecule has 0 aromatic carbocycles. The predicted octanol–water partition coefficient (Wildman–Crippen LogP) is 1.47. The van der Waals surface area contributed by atoms with Gasteiger partial charge in [-0.3, -0.25) is 4.79 Å². The molecule has 2 nitrogen and oxygen atoms in total. The van der Waals surface area contributed by atoms with Crippen LogP contribution in [0, 0.1) is 11.8 Å². The quantitative estimate of drug-likeness (QED) is 0.609. The second-order valence-corrected chi connectivity index (χ2v) is 4.28. The van der Waals surface area contributed by atoms with E-state index < -0.39 is 0 Å². The maximum absolute atomic E-state index is 11.0. The minimum atomic E-state index is 0.206. The van der Waals surface area contributed by atoms with Crippen molar-refractivity contribution in [2.45, 2.75) is 19.3 Å². The Bertz CT molecular complexity index is 224. The molecule has 2 fully saturated rings. The van der Waals surface area contributed by atoms with Crippen LogP contribution in [-0.2, 0) is 4.79 Å². The van der Waals surface area contributed by atoms with Gasteiger partial charge in [-0.05, 0) is 37.3 Å². The van der Waals surface area contributed by atoms with Crippen LogP contribution in [-0.4, -0.2) is 30.3 Å². The first kappa shape index (κ1) is 8.95. The zero-order valence-electron chi connectivity index (χ0n) is 8.04. The fraction of sp³-hybridized carbons (Fsp3) is 0.727. The molecular formula is C11H17NO. The third-order valence-electron chi connectivity index (χ3n) is 3.46. The average molecular weight is 179 g/mol. The van der Waals surface area contributed by atoms with Crippen LogP contribution in [0.4, 0.5) is 0 Å². The summed E-state index contributed by atoms with van der Waals surface area (Å²) >= 11 is 0.